The minimum atomic E-state index is -0.774. The number of methoxy groups -OCH3 is 1. The average Bonchev–Trinajstić information content (AvgIpc) is 2.76. The van der Waals surface area contributed by atoms with Gasteiger partial charge in [0.05, 0.1) is 12.0 Å². The number of carbonyl (C=O) groups excluding carboxylic acids is 1. The normalized spacial score (nSPS) is 11.5. The standard InChI is InChI=1S/C21H19FN4O5/c1-30-21(27)17(23)11-13-4-7-15(8-5-13)31-19-9-6-14(12-16(19)22)25-20-18(26(28)29)3-2-10-24-20/h2-10,12,17H,11,23H2,1H3,(H,24,25)/t17-/m1/s1. The summed E-state index contributed by atoms with van der Waals surface area (Å²) in [6.45, 7) is 0. The molecule has 2 aromatic carbocycles. The number of aromatic nitrogens is 1. The van der Waals surface area contributed by atoms with E-state index in [9.17, 15) is 19.3 Å². The Bertz CT molecular complexity index is 1090. The van der Waals surface area contributed by atoms with Gasteiger partial charge >= 0.3 is 11.7 Å². The second-order valence-corrected chi connectivity index (χ2v) is 6.48. The largest absolute Gasteiger partial charge is 0.468 e. The van der Waals surface area contributed by atoms with Crippen LogP contribution in [0.4, 0.5) is 21.6 Å². The van der Waals surface area contributed by atoms with E-state index in [0.29, 0.717) is 12.2 Å². The van der Waals surface area contributed by atoms with Gasteiger partial charge in [0, 0.05) is 24.0 Å². The molecule has 0 aliphatic heterocycles. The number of anilines is 2. The highest BCUT2D eigenvalue weighted by Gasteiger charge is 2.16. The van der Waals surface area contributed by atoms with E-state index in [4.69, 9.17) is 10.5 Å². The summed E-state index contributed by atoms with van der Waals surface area (Å²) in [7, 11) is 1.27. The van der Waals surface area contributed by atoms with Crippen LogP contribution in [0.25, 0.3) is 0 Å². The van der Waals surface area contributed by atoms with Crippen molar-refractivity contribution >= 4 is 23.2 Å². The summed E-state index contributed by atoms with van der Waals surface area (Å²) in [6.07, 6.45) is 1.69. The van der Waals surface area contributed by atoms with Gasteiger partial charge < -0.3 is 20.5 Å². The van der Waals surface area contributed by atoms with Gasteiger partial charge in [-0.25, -0.2) is 9.37 Å². The van der Waals surface area contributed by atoms with E-state index < -0.39 is 22.8 Å². The molecule has 0 amide bonds. The predicted molar refractivity (Wildman–Crippen MR) is 111 cm³/mol. The van der Waals surface area contributed by atoms with Crippen LogP contribution in [0.2, 0.25) is 0 Å². The number of carbonyl (C=O) groups is 1. The number of nitrogens with zero attached hydrogens (tertiary/aromatic N) is 2. The molecule has 0 unspecified atom stereocenters. The minimum Gasteiger partial charge on any atom is -0.468 e. The van der Waals surface area contributed by atoms with Gasteiger partial charge in [-0.05, 0) is 42.3 Å². The molecule has 160 valence electrons. The maximum atomic E-state index is 14.5. The number of nitrogens with one attached hydrogen (secondary N) is 1. The highest BCUT2D eigenvalue weighted by molar-refractivity contribution is 5.75. The number of nitrogens with two attached hydrogens (primary N) is 1. The Labute approximate surface area is 176 Å². The third-order valence-corrected chi connectivity index (χ3v) is 4.29. The van der Waals surface area contributed by atoms with Crippen molar-refractivity contribution in [1.29, 1.82) is 0 Å². The molecule has 10 heteroatoms. The van der Waals surface area contributed by atoms with Crippen LogP contribution in [0.15, 0.2) is 60.8 Å². The predicted octanol–water partition coefficient (Wildman–Crippen LogP) is 3.71. The Kier molecular flexibility index (Phi) is 6.73. The number of rotatable bonds is 8. The summed E-state index contributed by atoms with van der Waals surface area (Å²) in [5, 5.41) is 13.8. The van der Waals surface area contributed by atoms with Crippen LogP contribution in [-0.4, -0.2) is 29.0 Å². The third-order valence-electron chi connectivity index (χ3n) is 4.29. The first-order valence-electron chi connectivity index (χ1n) is 9.13. The van der Waals surface area contributed by atoms with E-state index in [0.717, 1.165) is 11.6 Å². The highest BCUT2D eigenvalue weighted by atomic mass is 19.1. The highest BCUT2D eigenvalue weighted by Crippen LogP contribution is 2.30. The molecule has 3 aromatic rings. The summed E-state index contributed by atoms with van der Waals surface area (Å²) in [4.78, 5) is 25.8. The molecule has 3 rings (SSSR count). The fraction of sp³-hybridized carbons (Fsp3) is 0.143. The lowest BCUT2D eigenvalue weighted by atomic mass is 10.1. The Hall–Kier alpha value is -4.05. The molecule has 0 fully saturated rings. The van der Waals surface area contributed by atoms with Gasteiger partial charge in [0.1, 0.15) is 11.8 Å². The maximum absolute atomic E-state index is 14.5. The van der Waals surface area contributed by atoms with Gasteiger partial charge in [0.25, 0.3) is 0 Å². The molecule has 3 N–H and O–H groups in total. The van der Waals surface area contributed by atoms with Gasteiger partial charge in [0.2, 0.25) is 5.82 Å². The van der Waals surface area contributed by atoms with Crippen LogP contribution < -0.4 is 15.8 Å². The molecule has 0 radical (unpaired) electrons. The fourth-order valence-electron chi connectivity index (χ4n) is 2.75. The van der Waals surface area contributed by atoms with Gasteiger partial charge in [-0.3, -0.25) is 14.9 Å². The van der Waals surface area contributed by atoms with Crippen molar-refractivity contribution in [2.24, 2.45) is 5.73 Å². The monoisotopic (exact) mass is 426 g/mol. The molecular weight excluding hydrogens is 407 g/mol. The Morgan fingerprint density at radius 3 is 2.65 bits per heavy atom. The second-order valence-electron chi connectivity index (χ2n) is 6.48. The lowest BCUT2D eigenvalue weighted by Crippen LogP contribution is -2.33. The minimum absolute atomic E-state index is 0.00122. The number of nitro groups is 1. The first-order valence-corrected chi connectivity index (χ1v) is 9.13. The number of ether oxygens (including phenoxy) is 2. The van der Waals surface area contributed by atoms with Crippen molar-refractivity contribution in [1.82, 2.24) is 4.98 Å². The van der Waals surface area contributed by atoms with Crippen LogP contribution in [0.3, 0.4) is 0 Å². The maximum Gasteiger partial charge on any atom is 0.322 e. The molecule has 0 aliphatic rings. The quantitative estimate of drug-likeness (QED) is 0.317. The van der Waals surface area contributed by atoms with Crippen molar-refractivity contribution in [3.63, 3.8) is 0 Å². The molecule has 1 heterocycles. The van der Waals surface area contributed by atoms with Crippen molar-refractivity contribution < 1.29 is 23.6 Å². The zero-order chi connectivity index (χ0) is 22.4. The summed E-state index contributed by atoms with van der Waals surface area (Å²) < 4.78 is 24.6. The SMILES string of the molecule is COC(=O)[C@H](N)Cc1ccc(Oc2ccc(Nc3ncccc3[N+](=O)[O-])cc2F)cc1. The van der Waals surface area contributed by atoms with Crippen LogP contribution in [0.5, 0.6) is 11.5 Å². The molecule has 9 nitrogen and oxygen atoms in total. The molecule has 0 bridgehead atoms. The van der Waals surface area contributed by atoms with E-state index in [1.54, 1.807) is 24.3 Å². The first-order chi connectivity index (χ1) is 14.9. The Morgan fingerprint density at radius 1 is 1.26 bits per heavy atom. The van der Waals surface area contributed by atoms with Crippen molar-refractivity contribution in [3.05, 3.63) is 82.3 Å². The van der Waals surface area contributed by atoms with Gasteiger partial charge in [-0.1, -0.05) is 12.1 Å². The Balaban J connectivity index is 1.68. The van der Waals surface area contributed by atoms with Crippen molar-refractivity contribution in [2.45, 2.75) is 12.5 Å². The number of hydrogen-bond acceptors (Lipinski definition) is 8. The van der Waals surface area contributed by atoms with E-state index >= 15 is 0 Å². The topological polar surface area (TPSA) is 130 Å². The fourth-order valence-corrected chi connectivity index (χ4v) is 2.75. The van der Waals surface area contributed by atoms with Gasteiger partial charge in [0.15, 0.2) is 11.6 Å². The van der Waals surface area contributed by atoms with E-state index in [2.05, 4.69) is 15.0 Å². The number of halogens is 1. The van der Waals surface area contributed by atoms with Crippen LogP contribution in [-0.2, 0) is 16.0 Å². The summed E-state index contributed by atoms with van der Waals surface area (Å²) in [5.74, 6) is -0.815. The summed E-state index contributed by atoms with van der Waals surface area (Å²) in [5.41, 5.74) is 6.58. The zero-order valence-corrected chi connectivity index (χ0v) is 16.4. The number of hydrogen-bond donors (Lipinski definition) is 2. The van der Waals surface area contributed by atoms with Gasteiger partial charge in [-0.15, -0.1) is 0 Å². The van der Waals surface area contributed by atoms with Gasteiger partial charge in [-0.2, -0.15) is 0 Å². The van der Waals surface area contributed by atoms with Crippen molar-refractivity contribution in [3.8, 4) is 11.5 Å². The second kappa shape index (κ2) is 9.63. The van der Waals surface area contributed by atoms with Crippen LogP contribution >= 0.6 is 0 Å². The number of benzene rings is 2. The molecule has 1 aromatic heterocycles. The molecular formula is C21H19FN4O5. The molecule has 31 heavy (non-hydrogen) atoms. The summed E-state index contributed by atoms with van der Waals surface area (Å²) in [6, 6.07) is 12.7. The van der Waals surface area contributed by atoms with E-state index in [1.165, 1.54) is 37.6 Å². The van der Waals surface area contributed by atoms with E-state index in [1.807, 2.05) is 0 Å². The average molecular weight is 426 g/mol. The zero-order valence-electron chi connectivity index (χ0n) is 16.4. The molecule has 0 saturated heterocycles. The molecule has 0 saturated carbocycles. The molecule has 1 atom stereocenters. The lowest BCUT2D eigenvalue weighted by molar-refractivity contribution is -0.384. The van der Waals surface area contributed by atoms with Crippen LogP contribution in [0.1, 0.15) is 5.56 Å². The summed E-state index contributed by atoms with van der Waals surface area (Å²) >= 11 is 0. The smallest absolute Gasteiger partial charge is 0.322 e. The number of pyridine rings is 1. The van der Waals surface area contributed by atoms with E-state index in [-0.39, 0.29) is 22.9 Å². The van der Waals surface area contributed by atoms with Crippen molar-refractivity contribution in [2.75, 3.05) is 12.4 Å². The lowest BCUT2D eigenvalue weighted by Gasteiger charge is -2.11. The molecule has 0 spiro atoms. The first kappa shape index (κ1) is 21.7. The number of esters is 1. The molecule has 0 aliphatic carbocycles. The third kappa shape index (κ3) is 5.52. The van der Waals surface area contributed by atoms with Crippen LogP contribution in [0, 0.1) is 15.9 Å². The Morgan fingerprint density at radius 2 is 2.00 bits per heavy atom.